The van der Waals surface area contributed by atoms with Gasteiger partial charge in [-0.3, -0.25) is 47.9 Å². The Morgan fingerprint density at radius 1 is 0.244 bits per heavy atom. The van der Waals surface area contributed by atoms with E-state index in [0.717, 1.165) is 101 Å². The zero-order valence-electron chi connectivity index (χ0n) is 63.5. The van der Waals surface area contributed by atoms with E-state index in [1.807, 2.05) is 0 Å². The van der Waals surface area contributed by atoms with Gasteiger partial charge in [0.2, 0.25) is 11.8 Å². The maximum absolute atomic E-state index is 18.5. The molecule has 2 aliphatic heterocycles. The van der Waals surface area contributed by atoms with Crippen molar-refractivity contribution in [3.63, 3.8) is 0 Å². The van der Waals surface area contributed by atoms with Crippen molar-refractivity contribution in [2.24, 2.45) is 5.41 Å². The number of amides is 2. The van der Waals surface area contributed by atoms with Crippen LogP contribution >= 0.6 is 0 Å². The fraction of sp³-hybridized carbons (Fsp3) is 0.284. The highest BCUT2D eigenvalue weighted by Crippen LogP contribution is 2.96. The van der Waals surface area contributed by atoms with Gasteiger partial charge in [0.25, 0.3) is 0 Å². The molecule has 2 heterocycles. The standard InChI is InChI=1S/C95H48N2O22/c1-15(98)110-13-23-83(112-17(3)100)85(114-19(5)102)87(116-21(7)104)89(118-23)108-11-9-96-91(106)95(92(107)97-10-12-109-90-88(117-22(8)105)86(115-20(6)103)84(113-18(4)101)24(119-90)14-111-16(2)99)93-79-72-65-53-45-36-27-25-26-28-31(27)40-47(45)55-56-48(40)46-37(28)39-35-30(26)33-32-29(25)34-38(36)51(53)59-57-43(34)41(32)49-50-42(33)44(35)58-60-52(39)54(46)66-68(56)77(76(79)67(55)65)80-73(66)71(60)75-64(58)62(50)69-61(49)63(57)74(70(59)72)81(93)78(69)82(75)94(80,93)95/h23-24,83-90H,9-14H2,1-8H3,(H,96,106)(H,97,107)/t23-,24-,83-,84-,85+,86+,87+,88+,89+,90+,93?,94?/m1/s1. The van der Waals surface area contributed by atoms with E-state index >= 15 is 9.59 Å². The van der Waals surface area contributed by atoms with Crippen molar-refractivity contribution < 1.29 is 105 Å². The first kappa shape index (κ1) is 60.5. The van der Waals surface area contributed by atoms with Crippen molar-refractivity contribution >= 4 is 350 Å². The van der Waals surface area contributed by atoms with E-state index in [9.17, 15) is 38.4 Å². The maximum Gasteiger partial charge on any atom is 0.303 e. The molecule has 570 valence electrons. The molecule has 3 fully saturated rings. The van der Waals surface area contributed by atoms with E-state index in [0.29, 0.717) is 0 Å². The number of rotatable bonds is 20. The summed E-state index contributed by atoms with van der Waals surface area (Å²) >= 11 is 0. The number of carbonyl (C=O) groups is 10. The average Bonchev–Trinajstić information content (AvgIpc) is 1.35. The Balaban J connectivity index is 0.654. The van der Waals surface area contributed by atoms with Gasteiger partial charge in [-0.15, -0.1) is 0 Å². The molecular weight excluding hydrogens is 1520 g/mol. The van der Waals surface area contributed by atoms with Crippen molar-refractivity contribution in [2.75, 3.05) is 39.5 Å². The van der Waals surface area contributed by atoms with Crippen LogP contribution in [-0.2, 0) is 116 Å². The van der Waals surface area contributed by atoms with Crippen LogP contribution in [-0.4, -0.2) is 160 Å². The molecule has 2 N–H and O–H groups in total. The van der Waals surface area contributed by atoms with Crippen LogP contribution in [0, 0.1) is 5.41 Å². The van der Waals surface area contributed by atoms with E-state index in [1.165, 1.54) is 267 Å². The van der Waals surface area contributed by atoms with Gasteiger partial charge >= 0.3 is 47.8 Å². The quantitative estimate of drug-likeness (QED) is 0.0235. The first-order chi connectivity index (χ1) is 57.7. The minimum atomic E-state index is -2.15. The maximum atomic E-state index is 18.5. The number of benzene rings is 17. The Hall–Kier alpha value is -13.0. The number of nitrogens with one attached hydrogen (secondary N) is 2. The molecule has 5 aliphatic carbocycles. The van der Waals surface area contributed by atoms with E-state index in [-0.39, 0.29) is 13.1 Å². The van der Waals surface area contributed by atoms with Gasteiger partial charge in [-0.1, -0.05) is 0 Å². The molecule has 2 amide bonds. The van der Waals surface area contributed by atoms with Crippen molar-refractivity contribution in [3.8, 4) is 0 Å². The second-order valence-electron chi connectivity index (χ2n) is 36.4. The zero-order valence-corrected chi connectivity index (χ0v) is 63.5. The average molecular weight is 1570 g/mol. The van der Waals surface area contributed by atoms with Crippen molar-refractivity contribution in [1.29, 1.82) is 0 Å². The highest BCUT2D eigenvalue weighted by molar-refractivity contribution is 6.82. The highest BCUT2D eigenvalue weighted by Gasteiger charge is 3.00. The van der Waals surface area contributed by atoms with Gasteiger partial charge < -0.3 is 67.5 Å². The van der Waals surface area contributed by atoms with Crippen molar-refractivity contribution in [2.45, 2.75) is 128 Å². The molecule has 119 heavy (non-hydrogen) atoms. The summed E-state index contributed by atoms with van der Waals surface area (Å²) in [5, 5.41) is 76.6. The van der Waals surface area contributed by atoms with Crippen LogP contribution < -0.4 is 10.6 Å². The third-order valence-electron chi connectivity index (χ3n) is 32.3. The lowest BCUT2D eigenvalue weighted by Gasteiger charge is -2.44. The third-order valence-corrected chi connectivity index (χ3v) is 32.3. The lowest BCUT2D eigenvalue weighted by molar-refractivity contribution is -0.307. The molecule has 28 aromatic carbocycles. The Morgan fingerprint density at radius 3 is 0.655 bits per heavy atom. The summed E-state index contributed by atoms with van der Waals surface area (Å²) in [5.41, 5.74) is -1.18. The second kappa shape index (κ2) is 16.9. The molecule has 2 spiro atoms. The third kappa shape index (κ3) is 4.92. The molecule has 35 rings (SSSR count). The molecule has 24 nitrogen and oxygen atoms in total. The van der Waals surface area contributed by atoms with Gasteiger partial charge in [-0.25, -0.2) is 0 Å². The van der Waals surface area contributed by atoms with Crippen LogP contribution in [0.2, 0.25) is 0 Å². The molecule has 28 aromatic rings. The predicted octanol–water partition coefficient (Wildman–Crippen LogP) is 13.7. The molecule has 2 saturated heterocycles. The van der Waals surface area contributed by atoms with Gasteiger partial charge in [0.1, 0.15) is 25.4 Å². The van der Waals surface area contributed by atoms with Crippen LogP contribution in [0.25, 0.3) is 291 Å². The molecular formula is C95H48N2O22. The van der Waals surface area contributed by atoms with E-state index in [4.69, 9.17) is 56.8 Å². The number of hydrogen-bond donors (Lipinski definition) is 2. The van der Waals surface area contributed by atoms with E-state index in [2.05, 4.69) is 10.6 Å². The predicted molar refractivity (Wildman–Crippen MR) is 438 cm³/mol. The van der Waals surface area contributed by atoms with Gasteiger partial charge in [-0.2, -0.15) is 0 Å². The molecule has 0 aromatic heterocycles. The minimum absolute atomic E-state index is 0.307. The van der Waals surface area contributed by atoms with Crippen molar-refractivity contribution in [3.05, 3.63) is 22.3 Å². The van der Waals surface area contributed by atoms with Crippen LogP contribution in [0.5, 0.6) is 0 Å². The normalized spacial score (nSPS) is 26.5. The summed E-state index contributed by atoms with van der Waals surface area (Å²) in [6, 6.07) is 0. The molecule has 1 saturated carbocycles. The number of ether oxygens (including phenoxy) is 12. The number of hydrogen-bond acceptors (Lipinski definition) is 22. The fourth-order valence-corrected chi connectivity index (χ4v) is 30.9. The number of carbonyl (C=O) groups excluding carboxylic acids is 10. The van der Waals surface area contributed by atoms with Gasteiger partial charge in [0.15, 0.2) is 54.6 Å². The summed E-state index contributed by atoms with van der Waals surface area (Å²) in [6.07, 6.45) is -15.2. The molecule has 0 radical (unpaired) electrons. The first-order valence-corrected chi connectivity index (χ1v) is 40.8. The number of esters is 8. The lowest BCUT2D eigenvalue weighted by atomic mass is 9.69. The first-order valence-electron chi connectivity index (χ1n) is 40.8. The monoisotopic (exact) mass is 1570 g/mol. The van der Waals surface area contributed by atoms with Crippen LogP contribution in [0.15, 0.2) is 0 Å². The van der Waals surface area contributed by atoms with Crippen LogP contribution in [0.4, 0.5) is 0 Å². The Bertz CT molecular complexity index is 8950. The minimum Gasteiger partial charge on any atom is -0.463 e. The largest absolute Gasteiger partial charge is 0.463 e. The summed E-state index contributed by atoms with van der Waals surface area (Å²) in [4.78, 5) is 141. The lowest BCUT2D eigenvalue weighted by Crippen LogP contribution is -2.63. The molecule has 0 bridgehead atoms. The van der Waals surface area contributed by atoms with E-state index in [1.54, 1.807) is 0 Å². The zero-order chi connectivity index (χ0) is 78.7. The topological polar surface area (TPSA) is 306 Å². The van der Waals surface area contributed by atoms with Crippen LogP contribution in [0.3, 0.4) is 0 Å². The Morgan fingerprint density at radius 2 is 0.429 bits per heavy atom. The van der Waals surface area contributed by atoms with Crippen LogP contribution in [0.1, 0.15) is 77.6 Å². The fourth-order valence-electron chi connectivity index (χ4n) is 30.9. The van der Waals surface area contributed by atoms with Gasteiger partial charge in [0, 0.05) is 68.5 Å². The summed E-state index contributed by atoms with van der Waals surface area (Å²) in [7, 11) is 0. The van der Waals surface area contributed by atoms with Gasteiger partial charge in [-0.05, 0) is 313 Å². The smallest absolute Gasteiger partial charge is 0.303 e. The second-order valence-corrected chi connectivity index (χ2v) is 36.4. The summed E-state index contributed by atoms with van der Waals surface area (Å²) in [6.45, 7) is 6.79. The Kier molecular flexibility index (Phi) is 8.61. The SMILES string of the molecule is CC(=O)OC[C@H]1O[C@H](OCCNC(=O)C2(C(=O)NCCO[C@H]3O[C@H](COC(C)=O)[C@@H](OC(C)=O)[C@H](OC(C)=O)[C@@H]3OC(C)=O)C34c5c6c7c8c9c%10c(c%11c%12c3c3c%13c5c5c%14c6c6c8c8c9c9c%15c%10c%11c%10c%11c%12c3c3c%12c%13c5c5c%13c%14c6c6c8c8c9c9c%15c%10c%10c%11c3c3c%12c5c5c%13c6c8c6c9c%10c3c56)C724)[C@@H](OC(C)=O)[C@@H](OC(C)=O)[C@@H]1OC(C)=O. The summed E-state index contributed by atoms with van der Waals surface area (Å²) in [5.74, 6) is -7.54. The molecule has 24 heteroatoms. The van der Waals surface area contributed by atoms with Crippen molar-refractivity contribution in [1.82, 2.24) is 10.6 Å². The Labute approximate surface area is 657 Å². The summed E-state index contributed by atoms with van der Waals surface area (Å²) < 4.78 is 72.2. The molecule has 12 atom stereocenters. The van der Waals surface area contributed by atoms with E-state index < -0.39 is 164 Å². The molecule has 7 aliphatic rings. The van der Waals surface area contributed by atoms with Gasteiger partial charge in [0.05, 0.1) is 24.0 Å². The highest BCUT2D eigenvalue weighted by atomic mass is 16.7. The molecule has 2 unspecified atom stereocenters.